The van der Waals surface area contributed by atoms with Crippen molar-refractivity contribution >= 4 is 19.7 Å². The van der Waals surface area contributed by atoms with Crippen LogP contribution < -0.4 is 5.32 Å². The molecule has 0 aromatic heterocycles. The molecule has 0 fully saturated rings. The number of amides is 1. The van der Waals surface area contributed by atoms with Gasteiger partial charge in [0.05, 0.1) is 6.10 Å². The van der Waals surface area contributed by atoms with Gasteiger partial charge in [-0.2, -0.15) is 0 Å². The number of carbonyl (C=O) groups excluding carboxylic acids is 1. The third-order valence-electron chi connectivity index (χ3n) is 5.47. The van der Waals surface area contributed by atoms with E-state index in [1.54, 1.807) is 19.1 Å². The van der Waals surface area contributed by atoms with Crippen LogP contribution in [0.1, 0.15) is 60.8 Å². The van der Waals surface area contributed by atoms with Gasteiger partial charge in [0, 0.05) is 6.08 Å². The summed E-state index contributed by atoms with van der Waals surface area (Å²) in [6, 6.07) is -1.62. The van der Waals surface area contributed by atoms with Gasteiger partial charge in [-0.15, -0.1) is 0 Å². The van der Waals surface area contributed by atoms with E-state index in [1.165, 1.54) is 30.1 Å². The van der Waals surface area contributed by atoms with Crippen LogP contribution in [0.15, 0.2) is 58.7 Å². The minimum atomic E-state index is -4.89. The summed E-state index contributed by atoms with van der Waals surface area (Å²) in [4.78, 5) is 41.2. The van der Waals surface area contributed by atoms with E-state index in [1.807, 2.05) is 13.0 Å². The van der Waals surface area contributed by atoms with Gasteiger partial charge in [-0.3, -0.25) is 9.32 Å². The van der Waals surface area contributed by atoms with Crippen molar-refractivity contribution in [2.24, 2.45) is 5.41 Å². The molecule has 0 heterocycles. The number of hydrogen-bond donors (Lipinski definition) is 4. The topological polar surface area (TPSA) is 133 Å². The molecule has 4 N–H and O–H groups in total. The fourth-order valence-electron chi connectivity index (χ4n) is 3.74. The van der Waals surface area contributed by atoms with Crippen molar-refractivity contribution in [3.05, 3.63) is 58.7 Å². The first-order valence-corrected chi connectivity index (χ1v) is 12.3. The molecule has 0 bridgehead atoms. The monoisotopic (exact) mass is 481 g/mol. The molecule has 33 heavy (non-hydrogen) atoms. The number of hydrogen-bond acceptors (Lipinski definition) is 4. The lowest BCUT2D eigenvalue weighted by atomic mass is 9.72. The Balaban J connectivity index is 2.79. The number of carboxylic acid groups (broad SMARTS) is 1. The molecule has 1 rings (SSSR count). The van der Waals surface area contributed by atoms with Crippen LogP contribution in [0.2, 0.25) is 0 Å². The van der Waals surface area contributed by atoms with Gasteiger partial charge in [0.25, 0.3) is 0 Å². The van der Waals surface area contributed by atoms with Gasteiger partial charge in [-0.1, -0.05) is 55.4 Å². The minimum absolute atomic E-state index is 0.170. The molecular formula is C24H36NO7P. The fourth-order valence-corrected chi connectivity index (χ4v) is 4.29. The number of phosphoric ester groups is 1. The SMILES string of the molecule is CC1=C(/C=C/C(C)=C/C=C/C(C)=C\C(=O)N[C@H](C(=O)O)[C@@H](C)OP(=O)(O)O)C(C)(C)CCC1. The lowest BCUT2D eigenvalue weighted by Gasteiger charge is -2.32. The summed E-state index contributed by atoms with van der Waals surface area (Å²) in [5.74, 6) is -2.18. The number of aliphatic carboxylic acids is 1. The third-order valence-corrected chi connectivity index (χ3v) is 6.08. The first kappa shape index (κ1) is 28.8. The maximum absolute atomic E-state index is 12.1. The van der Waals surface area contributed by atoms with Crippen molar-refractivity contribution in [2.75, 3.05) is 0 Å². The highest BCUT2D eigenvalue weighted by molar-refractivity contribution is 7.46. The zero-order valence-corrected chi connectivity index (χ0v) is 21.1. The molecule has 1 aliphatic rings. The van der Waals surface area contributed by atoms with E-state index in [2.05, 4.69) is 42.8 Å². The molecule has 0 unspecified atom stereocenters. The smallest absolute Gasteiger partial charge is 0.469 e. The van der Waals surface area contributed by atoms with Gasteiger partial charge in [0.15, 0.2) is 6.04 Å². The quantitative estimate of drug-likeness (QED) is 0.204. The maximum Gasteiger partial charge on any atom is 0.469 e. The number of phosphoric acid groups is 1. The summed E-state index contributed by atoms with van der Waals surface area (Å²) < 4.78 is 15.3. The van der Waals surface area contributed by atoms with Crippen LogP contribution in [0, 0.1) is 5.41 Å². The zero-order valence-electron chi connectivity index (χ0n) is 20.2. The van der Waals surface area contributed by atoms with Crippen LogP contribution in [0.3, 0.4) is 0 Å². The Morgan fingerprint density at radius 2 is 1.82 bits per heavy atom. The first-order valence-electron chi connectivity index (χ1n) is 10.8. The number of nitrogens with one attached hydrogen (secondary N) is 1. The van der Waals surface area contributed by atoms with Crippen molar-refractivity contribution in [1.82, 2.24) is 5.32 Å². The van der Waals surface area contributed by atoms with Crippen LogP contribution in [-0.2, 0) is 18.7 Å². The van der Waals surface area contributed by atoms with Crippen molar-refractivity contribution in [1.29, 1.82) is 0 Å². The number of rotatable bonds is 10. The molecular weight excluding hydrogens is 445 g/mol. The first-order chi connectivity index (χ1) is 15.1. The number of carboxylic acids is 1. The average molecular weight is 482 g/mol. The van der Waals surface area contributed by atoms with E-state index < -0.39 is 31.8 Å². The van der Waals surface area contributed by atoms with Gasteiger partial charge < -0.3 is 20.2 Å². The molecule has 0 saturated carbocycles. The van der Waals surface area contributed by atoms with Gasteiger partial charge in [-0.25, -0.2) is 9.36 Å². The van der Waals surface area contributed by atoms with Crippen molar-refractivity contribution < 1.29 is 33.6 Å². The summed E-state index contributed by atoms with van der Waals surface area (Å²) in [6.07, 6.45) is 13.0. The largest absolute Gasteiger partial charge is 0.480 e. The Bertz CT molecular complexity index is 934. The summed E-state index contributed by atoms with van der Waals surface area (Å²) in [7, 11) is -4.89. The highest BCUT2D eigenvalue weighted by Gasteiger charge is 2.32. The Hall–Kier alpha value is -2.25. The average Bonchev–Trinajstić information content (AvgIpc) is 2.63. The summed E-state index contributed by atoms with van der Waals surface area (Å²) >= 11 is 0. The van der Waals surface area contributed by atoms with Crippen LogP contribution in [0.5, 0.6) is 0 Å². The van der Waals surface area contributed by atoms with E-state index >= 15 is 0 Å². The number of allylic oxidation sites excluding steroid dienone is 9. The second-order valence-corrected chi connectivity index (χ2v) is 10.2. The lowest BCUT2D eigenvalue weighted by molar-refractivity contribution is -0.143. The Labute approximate surface area is 196 Å². The van der Waals surface area contributed by atoms with Crippen LogP contribution in [0.25, 0.3) is 0 Å². The minimum Gasteiger partial charge on any atom is -0.480 e. The van der Waals surface area contributed by atoms with Gasteiger partial charge in [0.2, 0.25) is 5.91 Å². The highest BCUT2D eigenvalue weighted by Crippen LogP contribution is 2.41. The lowest BCUT2D eigenvalue weighted by Crippen LogP contribution is -2.47. The van der Waals surface area contributed by atoms with Crippen molar-refractivity contribution in [2.45, 2.75) is 73.0 Å². The van der Waals surface area contributed by atoms with Gasteiger partial charge in [0.1, 0.15) is 0 Å². The Morgan fingerprint density at radius 3 is 2.36 bits per heavy atom. The normalized spacial score (nSPS) is 19.8. The molecule has 0 aromatic rings. The second kappa shape index (κ2) is 12.3. The summed E-state index contributed by atoms with van der Waals surface area (Å²) in [5.41, 5.74) is 4.59. The van der Waals surface area contributed by atoms with Crippen molar-refractivity contribution in [3.8, 4) is 0 Å². The second-order valence-electron chi connectivity index (χ2n) is 9.05. The standard InChI is InChI=1S/C24H36NO7P/c1-16(12-13-20-18(3)11-8-14-24(20,5)6)9-7-10-17(2)15-21(26)25-22(23(27)28)19(4)32-33(29,30)31/h7,9-10,12-13,15,19,22H,8,11,14H2,1-6H3,(H,25,26)(H,27,28)(H2,29,30,31)/b10-7+,13-12+,16-9+,17-15-/t19-,22+/m1/s1. The van der Waals surface area contributed by atoms with Crippen LogP contribution >= 0.6 is 7.82 Å². The zero-order chi connectivity index (χ0) is 25.4. The number of carbonyl (C=O) groups is 2. The molecule has 1 amide bonds. The molecule has 1 aliphatic carbocycles. The Morgan fingerprint density at radius 1 is 1.18 bits per heavy atom. The van der Waals surface area contributed by atoms with E-state index in [-0.39, 0.29) is 5.41 Å². The molecule has 0 spiro atoms. The molecule has 8 nitrogen and oxygen atoms in total. The highest BCUT2D eigenvalue weighted by atomic mass is 31.2. The van der Waals surface area contributed by atoms with E-state index in [0.29, 0.717) is 5.57 Å². The molecule has 0 aliphatic heterocycles. The molecule has 2 atom stereocenters. The van der Waals surface area contributed by atoms with Gasteiger partial charge in [-0.05, 0) is 63.5 Å². The van der Waals surface area contributed by atoms with Gasteiger partial charge >= 0.3 is 13.8 Å². The molecule has 184 valence electrons. The molecule has 0 saturated heterocycles. The van der Waals surface area contributed by atoms with Crippen molar-refractivity contribution in [3.63, 3.8) is 0 Å². The predicted octanol–water partition coefficient (Wildman–Crippen LogP) is 4.59. The van der Waals surface area contributed by atoms with Crippen LogP contribution in [-0.4, -0.2) is 38.9 Å². The molecule has 0 radical (unpaired) electrons. The fraction of sp³-hybridized carbons (Fsp3) is 0.500. The van der Waals surface area contributed by atoms with E-state index in [9.17, 15) is 19.3 Å². The van der Waals surface area contributed by atoms with Crippen LogP contribution in [0.4, 0.5) is 0 Å². The third kappa shape index (κ3) is 10.5. The summed E-state index contributed by atoms with van der Waals surface area (Å²) in [5, 5.41) is 11.4. The van der Waals surface area contributed by atoms with E-state index in [4.69, 9.17) is 9.79 Å². The summed E-state index contributed by atoms with van der Waals surface area (Å²) in [6.45, 7) is 11.5. The predicted molar refractivity (Wildman–Crippen MR) is 128 cm³/mol. The Kier molecular flexibility index (Phi) is 10.7. The molecule has 9 heteroatoms. The van der Waals surface area contributed by atoms with E-state index in [0.717, 1.165) is 18.9 Å². The molecule has 0 aromatic carbocycles. The maximum atomic E-state index is 12.1.